The van der Waals surface area contributed by atoms with Gasteiger partial charge in [0.2, 0.25) is 5.91 Å². The van der Waals surface area contributed by atoms with E-state index < -0.39 is 0 Å². The summed E-state index contributed by atoms with van der Waals surface area (Å²) in [5.74, 6) is 0.0913. The molecule has 0 bridgehead atoms. The molecule has 0 saturated carbocycles. The Hall–Kier alpha value is -2.81. The van der Waals surface area contributed by atoms with Crippen molar-refractivity contribution in [1.29, 1.82) is 0 Å². The lowest BCUT2D eigenvalue weighted by molar-refractivity contribution is -0.117. The second kappa shape index (κ2) is 5.92. The van der Waals surface area contributed by atoms with Crippen molar-refractivity contribution in [1.82, 2.24) is 4.57 Å². The molecule has 2 aromatic carbocycles. The number of fused-ring (bicyclic) bond motifs is 1. The minimum Gasteiger partial charge on any atom is -0.324 e. The first-order valence-corrected chi connectivity index (χ1v) is 8.69. The molecule has 3 nitrogen and oxygen atoms in total. The summed E-state index contributed by atoms with van der Waals surface area (Å²) >= 11 is 0. The number of amides is 1. The van der Waals surface area contributed by atoms with Crippen LogP contribution < -0.4 is 5.32 Å². The summed E-state index contributed by atoms with van der Waals surface area (Å²) in [5.41, 5.74) is 5.39. The summed E-state index contributed by atoms with van der Waals surface area (Å²) < 4.78 is 2.29. The van der Waals surface area contributed by atoms with Crippen LogP contribution in [-0.2, 0) is 11.2 Å². The Labute approximate surface area is 148 Å². The van der Waals surface area contributed by atoms with Gasteiger partial charge < -0.3 is 9.88 Å². The van der Waals surface area contributed by atoms with E-state index in [1.165, 1.54) is 5.69 Å². The van der Waals surface area contributed by atoms with Crippen molar-refractivity contribution in [3.8, 4) is 16.9 Å². The molecule has 3 heteroatoms. The molecular weight excluding hydrogens is 308 g/mol. The Kier molecular flexibility index (Phi) is 3.72. The van der Waals surface area contributed by atoms with E-state index in [0.717, 1.165) is 29.1 Å². The first kappa shape index (κ1) is 15.7. The second-order valence-electron chi connectivity index (χ2n) is 7.49. The highest BCUT2D eigenvalue weighted by molar-refractivity contribution is 5.94. The predicted molar refractivity (Wildman–Crippen MR) is 102 cm³/mol. The lowest BCUT2D eigenvalue weighted by atomic mass is 9.85. The molecule has 0 saturated heterocycles. The van der Waals surface area contributed by atoms with Crippen LogP contribution in [0.1, 0.15) is 26.0 Å². The number of rotatable bonds is 2. The number of anilines is 1. The maximum atomic E-state index is 12.3. The van der Waals surface area contributed by atoms with Gasteiger partial charge in [0.1, 0.15) is 0 Å². The first-order valence-electron chi connectivity index (χ1n) is 8.69. The predicted octanol–water partition coefficient (Wildman–Crippen LogP) is 5.06. The SMILES string of the molecule is CC1(C)CC(=O)Nc2cc(-c3ccccc3)n(-c3ccccc3)c2C1. The van der Waals surface area contributed by atoms with Gasteiger partial charge in [0, 0.05) is 17.8 Å². The van der Waals surface area contributed by atoms with Gasteiger partial charge in [-0.05, 0) is 35.6 Å². The number of hydrogen-bond donors (Lipinski definition) is 1. The quantitative estimate of drug-likeness (QED) is 0.700. The van der Waals surface area contributed by atoms with Crippen LogP contribution in [0, 0.1) is 5.41 Å². The average molecular weight is 330 g/mol. The van der Waals surface area contributed by atoms with Crippen LogP contribution in [0.2, 0.25) is 0 Å². The molecule has 2 heterocycles. The number of hydrogen-bond acceptors (Lipinski definition) is 1. The molecular formula is C22H22N2O. The van der Waals surface area contributed by atoms with Crippen molar-refractivity contribution < 1.29 is 4.79 Å². The molecule has 1 aliphatic heterocycles. The number of para-hydroxylation sites is 1. The van der Waals surface area contributed by atoms with Crippen molar-refractivity contribution in [3.05, 3.63) is 72.4 Å². The number of aromatic nitrogens is 1. The summed E-state index contributed by atoms with van der Waals surface area (Å²) in [4.78, 5) is 12.3. The van der Waals surface area contributed by atoms with E-state index in [4.69, 9.17) is 0 Å². The monoisotopic (exact) mass is 330 g/mol. The molecule has 25 heavy (non-hydrogen) atoms. The van der Waals surface area contributed by atoms with E-state index in [0.29, 0.717) is 6.42 Å². The molecule has 3 aromatic rings. The summed E-state index contributed by atoms with van der Waals surface area (Å²) in [6, 6.07) is 22.8. The third kappa shape index (κ3) is 2.98. The zero-order valence-corrected chi connectivity index (χ0v) is 14.6. The molecule has 0 unspecified atom stereocenters. The summed E-state index contributed by atoms with van der Waals surface area (Å²) in [5, 5.41) is 3.12. The Morgan fingerprint density at radius 1 is 0.920 bits per heavy atom. The Morgan fingerprint density at radius 2 is 1.56 bits per heavy atom. The molecule has 0 fully saturated rings. The van der Waals surface area contributed by atoms with Crippen LogP contribution in [-0.4, -0.2) is 10.5 Å². The maximum absolute atomic E-state index is 12.3. The summed E-state index contributed by atoms with van der Waals surface area (Å²) in [6.45, 7) is 4.32. The Balaban J connectivity index is 1.98. The molecule has 0 radical (unpaired) electrons. The zero-order chi connectivity index (χ0) is 17.4. The van der Waals surface area contributed by atoms with Gasteiger partial charge in [-0.3, -0.25) is 4.79 Å². The first-order chi connectivity index (χ1) is 12.0. The second-order valence-corrected chi connectivity index (χ2v) is 7.49. The summed E-state index contributed by atoms with van der Waals surface area (Å²) in [7, 11) is 0. The minimum absolute atomic E-state index is 0.0752. The van der Waals surface area contributed by atoms with Crippen LogP contribution in [0.25, 0.3) is 16.9 Å². The normalized spacial score (nSPS) is 16.0. The lowest BCUT2D eigenvalue weighted by Crippen LogP contribution is -2.21. The van der Waals surface area contributed by atoms with Gasteiger partial charge in [-0.2, -0.15) is 0 Å². The molecule has 0 aliphatic carbocycles. The number of nitrogens with one attached hydrogen (secondary N) is 1. The molecule has 1 aromatic heterocycles. The van der Waals surface area contributed by atoms with Gasteiger partial charge in [0.25, 0.3) is 0 Å². The fourth-order valence-electron chi connectivity index (χ4n) is 3.67. The van der Waals surface area contributed by atoms with Crippen LogP contribution in [0.15, 0.2) is 66.7 Å². The topological polar surface area (TPSA) is 34.0 Å². The molecule has 1 aliphatic rings. The van der Waals surface area contributed by atoms with E-state index in [-0.39, 0.29) is 11.3 Å². The van der Waals surface area contributed by atoms with Crippen LogP contribution in [0.3, 0.4) is 0 Å². The van der Waals surface area contributed by atoms with Crippen molar-refractivity contribution in [2.75, 3.05) is 5.32 Å². The third-order valence-electron chi connectivity index (χ3n) is 4.75. The number of carbonyl (C=O) groups is 1. The average Bonchev–Trinajstić information content (AvgIpc) is 2.87. The number of nitrogens with zero attached hydrogens (tertiary/aromatic N) is 1. The van der Waals surface area contributed by atoms with Gasteiger partial charge in [-0.15, -0.1) is 0 Å². The fraction of sp³-hybridized carbons (Fsp3) is 0.227. The van der Waals surface area contributed by atoms with E-state index >= 15 is 0 Å². The van der Waals surface area contributed by atoms with Gasteiger partial charge in [0.05, 0.1) is 11.4 Å². The van der Waals surface area contributed by atoms with Crippen LogP contribution in [0.5, 0.6) is 0 Å². The fourth-order valence-corrected chi connectivity index (χ4v) is 3.67. The Morgan fingerprint density at radius 3 is 2.24 bits per heavy atom. The standard InChI is InChI=1S/C22H22N2O/c1-22(2)14-20-18(23-21(25)15-22)13-19(16-9-5-3-6-10-16)24(20)17-11-7-4-8-12-17/h3-13H,14-15H2,1-2H3,(H,23,25). The molecule has 1 N–H and O–H groups in total. The van der Waals surface area contributed by atoms with E-state index in [1.807, 2.05) is 24.3 Å². The highest BCUT2D eigenvalue weighted by Crippen LogP contribution is 2.39. The molecule has 4 rings (SSSR count). The minimum atomic E-state index is -0.0752. The van der Waals surface area contributed by atoms with Crippen LogP contribution in [0.4, 0.5) is 5.69 Å². The summed E-state index contributed by atoms with van der Waals surface area (Å²) in [6.07, 6.45) is 1.39. The van der Waals surface area contributed by atoms with Gasteiger partial charge in [0.15, 0.2) is 0 Å². The number of carbonyl (C=O) groups excluding carboxylic acids is 1. The lowest BCUT2D eigenvalue weighted by Gasteiger charge is -2.23. The molecule has 0 spiro atoms. The van der Waals surface area contributed by atoms with Gasteiger partial charge >= 0.3 is 0 Å². The highest BCUT2D eigenvalue weighted by atomic mass is 16.1. The van der Waals surface area contributed by atoms with Crippen molar-refractivity contribution in [2.45, 2.75) is 26.7 Å². The largest absolute Gasteiger partial charge is 0.324 e. The van der Waals surface area contributed by atoms with E-state index in [9.17, 15) is 4.79 Å². The van der Waals surface area contributed by atoms with E-state index in [1.54, 1.807) is 0 Å². The molecule has 1 amide bonds. The number of benzene rings is 2. The Bertz CT molecular complexity index is 908. The molecule has 126 valence electrons. The van der Waals surface area contributed by atoms with Crippen LogP contribution >= 0.6 is 0 Å². The van der Waals surface area contributed by atoms with Crippen molar-refractivity contribution in [3.63, 3.8) is 0 Å². The van der Waals surface area contributed by atoms with Crippen molar-refractivity contribution in [2.24, 2.45) is 5.41 Å². The van der Waals surface area contributed by atoms with E-state index in [2.05, 4.69) is 66.2 Å². The molecule has 0 atom stereocenters. The van der Waals surface area contributed by atoms with Gasteiger partial charge in [-0.25, -0.2) is 0 Å². The third-order valence-corrected chi connectivity index (χ3v) is 4.75. The smallest absolute Gasteiger partial charge is 0.224 e. The zero-order valence-electron chi connectivity index (χ0n) is 14.6. The highest BCUT2D eigenvalue weighted by Gasteiger charge is 2.31. The maximum Gasteiger partial charge on any atom is 0.224 e. The van der Waals surface area contributed by atoms with Gasteiger partial charge in [-0.1, -0.05) is 62.4 Å². The van der Waals surface area contributed by atoms with Crippen molar-refractivity contribution >= 4 is 11.6 Å².